The molecular formula is C18H30N4O3S. The quantitative estimate of drug-likeness (QED) is 0.861. The van der Waals surface area contributed by atoms with Gasteiger partial charge in [0.25, 0.3) is 10.0 Å². The average Bonchev–Trinajstić information content (AvgIpc) is 2.97. The monoisotopic (exact) mass is 382 g/mol. The van der Waals surface area contributed by atoms with Gasteiger partial charge < -0.3 is 9.88 Å². The SMILES string of the molecule is Cc1nc(S(=O)(=O)N2CCC(C(=O)NC3CCC(C)CC3)CC2)cn1C. The van der Waals surface area contributed by atoms with Gasteiger partial charge in [-0.25, -0.2) is 13.4 Å². The van der Waals surface area contributed by atoms with Crippen molar-refractivity contribution in [2.24, 2.45) is 18.9 Å². The van der Waals surface area contributed by atoms with Crippen molar-refractivity contribution in [2.75, 3.05) is 13.1 Å². The van der Waals surface area contributed by atoms with Crippen LogP contribution >= 0.6 is 0 Å². The summed E-state index contributed by atoms with van der Waals surface area (Å²) in [4.78, 5) is 16.7. The molecule has 7 nitrogen and oxygen atoms in total. The number of carbonyl (C=O) groups is 1. The fourth-order valence-corrected chi connectivity index (χ4v) is 5.36. The van der Waals surface area contributed by atoms with E-state index in [0.29, 0.717) is 31.8 Å². The van der Waals surface area contributed by atoms with Crippen molar-refractivity contribution in [3.63, 3.8) is 0 Å². The van der Waals surface area contributed by atoms with E-state index in [2.05, 4.69) is 17.2 Å². The number of sulfonamides is 1. The maximum atomic E-state index is 12.7. The van der Waals surface area contributed by atoms with E-state index in [0.717, 1.165) is 18.8 Å². The molecule has 3 rings (SSSR count). The van der Waals surface area contributed by atoms with Crippen LogP contribution in [0.4, 0.5) is 0 Å². The highest BCUT2D eigenvalue weighted by Gasteiger charge is 2.34. The zero-order valence-corrected chi connectivity index (χ0v) is 16.8. The predicted molar refractivity (Wildman–Crippen MR) is 99.0 cm³/mol. The summed E-state index contributed by atoms with van der Waals surface area (Å²) in [6.07, 6.45) is 7.14. The number of rotatable bonds is 4. The Balaban J connectivity index is 1.54. The van der Waals surface area contributed by atoms with Crippen molar-refractivity contribution in [1.29, 1.82) is 0 Å². The number of nitrogens with one attached hydrogen (secondary N) is 1. The molecule has 0 unspecified atom stereocenters. The van der Waals surface area contributed by atoms with E-state index in [9.17, 15) is 13.2 Å². The van der Waals surface area contributed by atoms with Crippen LogP contribution in [-0.4, -0.2) is 47.3 Å². The van der Waals surface area contributed by atoms with E-state index in [1.165, 1.54) is 17.1 Å². The molecule has 2 heterocycles. The number of imidazole rings is 1. The highest BCUT2D eigenvalue weighted by Crippen LogP contribution is 2.26. The molecule has 1 aliphatic heterocycles. The molecule has 26 heavy (non-hydrogen) atoms. The number of hydrogen-bond acceptors (Lipinski definition) is 4. The third-order valence-electron chi connectivity index (χ3n) is 5.88. The van der Waals surface area contributed by atoms with Crippen LogP contribution in [0.15, 0.2) is 11.2 Å². The maximum Gasteiger partial charge on any atom is 0.262 e. The van der Waals surface area contributed by atoms with Gasteiger partial charge in [-0.3, -0.25) is 4.79 Å². The lowest BCUT2D eigenvalue weighted by Crippen LogP contribution is -2.46. The molecule has 146 valence electrons. The molecule has 1 amide bonds. The molecule has 0 radical (unpaired) electrons. The van der Waals surface area contributed by atoms with Crippen molar-refractivity contribution in [2.45, 2.75) is 63.4 Å². The van der Waals surface area contributed by atoms with Crippen LogP contribution in [-0.2, 0) is 21.9 Å². The smallest absolute Gasteiger partial charge is 0.262 e. The molecule has 1 aromatic rings. The Morgan fingerprint density at radius 1 is 1.15 bits per heavy atom. The number of amides is 1. The highest BCUT2D eigenvalue weighted by atomic mass is 32.2. The molecule has 0 atom stereocenters. The van der Waals surface area contributed by atoms with Gasteiger partial charge in [0.15, 0.2) is 5.03 Å². The summed E-state index contributed by atoms with van der Waals surface area (Å²) in [7, 11) is -1.79. The molecule has 1 aromatic heterocycles. The van der Waals surface area contributed by atoms with Crippen LogP contribution in [0.2, 0.25) is 0 Å². The number of hydrogen-bond donors (Lipinski definition) is 1. The minimum atomic E-state index is -3.58. The van der Waals surface area contributed by atoms with Gasteiger partial charge >= 0.3 is 0 Å². The maximum absolute atomic E-state index is 12.7. The van der Waals surface area contributed by atoms with Gasteiger partial charge in [-0.1, -0.05) is 6.92 Å². The van der Waals surface area contributed by atoms with E-state index >= 15 is 0 Å². The third kappa shape index (κ3) is 4.11. The summed E-state index contributed by atoms with van der Waals surface area (Å²) < 4.78 is 28.6. The van der Waals surface area contributed by atoms with Gasteiger partial charge in [-0.15, -0.1) is 0 Å². The van der Waals surface area contributed by atoms with E-state index in [1.54, 1.807) is 24.7 Å². The minimum absolute atomic E-state index is 0.0914. The van der Waals surface area contributed by atoms with Gasteiger partial charge in [0.05, 0.1) is 0 Å². The number of carbonyl (C=O) groups excluding carboxylic acids is 1. The molecule has 1 saturated heterocycles. The Hall–Kier alpha value is -1.41. The van der Waals surface area contributed by atoms with Crippen LogP contribution < -0.4 is 5.32 Å². The largest absolute Gasteiger partial charge is 0.353 e. The summed E-state index contributed by atoms with van der Waals surface area (Å²) in [6, 6.07) is 0.289. The van der Waals surface area contributed by atoms with Crippen molar-refractivity contribution in [3.8, 4) is 0 Å². The first kappa shape index (κ1) is 19.4. The molecule has 1 N–H and O–H groups in total. The highest BCUT2D eigenvalue weighted by molar-refractivity contribution is 7.89. The van der Waals surface area contributed by atoms with Crippen LogP contribution in [0.1, 0.15) is 51.3 Å². The van der Waals surface area contributed by atoms with E-state index in [1.807, 2.05) is 0 Å². The fraction of sp³-hybridized carbons (Fsp3) is 0.778. The van der Waals surface area contributed by atoms with Gasteiger partial charge in [0, 0.05) is 38.3 Å². The van der Waals surface area contributed by atoms with Gasteiger partial charge in [0.2, 0.25) is 5.91 Å². The van der Waals surface area contributed by atoms with Gasteiger partial charge in [-0.05, 0) is 51.4 Å². The van der Waals surface area contributed by atoms with Crippen molar-refractivity contribution in [1.82, 2.24) is 19.2 Å². The van der Waals surface area contributed by atoms with Gasteiger partial charge in [0.1, 0.15) is 5.82 Å². The number of piperidine rings is 1. The normalized spacial score (nSPS) is 26.0. The molecule has 8 heteroatoms. The third-order valence-corrected chi connectivity index (χ3v) is 7.65. The van der Waals surface area contributed by atoms with E-state index in [4.69, 9.17) is 0 Å². The minimum Gasteiger partial charge on any atom is -0.353 e. The molecule has 2 aliphatic rings. The Kier molecular flexibility index (Phi) is 5.72. The summed E-state index contributed by atoms with van der Waals surface area (Å²) in [5.41, 5.74) is 0. The molecule has 0 bridgehead atoms. The van der Waals surface area contributed by atoms with Gasteiger partial charge in [-0.2, -0.15) is 4.31 Å². The number of aromatic nitrogens is 2. The first-order chi connectivity index (χ1) is 12.3. The Morgan fingerprint density at radius 2 is 1.77 bits per heavy atom. The first-order valence-electron chi connectivity index (χ1n) is 9.58. The lowest BCUT2D eigenvalue weighted by atomic mass is 9.87. The number of nitrogens with zero attached hydrogens (tertiary/aromatic N) is 3. The van der Waals surface area contributed by atoms with Crippen molar-refractivity contribution in [3.05, 3.63) is 12.0 Å². The Labute approximate surface area is 156 Å². The summed E-state index contributed by atoms with van der Waals surface area (Å²) in [5.74, 6) is 1.42. The average molecular weight is 383 g/mol. The zero-order chi connectivity index (χ0) is 18.9. The van der Waals surface area contributed by atoms with Crippen LogP contribution in [0.25, 0.3) is 0 Å². The fourth-order valence-electron chi connectivity index (χ4n) is 3.86. The second kappa shape index (κ2) is 7.68. The molecule has 0 spiro atoms. The van der Waals surface area contributed by atoms with Crippen LogP contribution in [0, 0.1) is 18.8 Å². The molecule has 0 aromatic carbocycles. The van der Waals surface area contributed by atoms with E-state index in [-0.39, 0.29) is 22.9 Å². The Morgan fingerprint density at radius 3 is 2.31 bits per heavy atom. The molecule has 1 aliphatic carbocycles. The summed E-state index contributed by atoms with van der Waals surface area (Å²) >= 11 is 0. The van der Waals surface area contributed by atoms with Crippen molar-refractivity contribution < 1.29 is 13.2 Å². The second-order valence-electron chi connectivity index (χ2n) is 7.88. The second-order valence-corrected chi connectivity index (χ2v) is 9.77. The predicted octanol–water partition coefficient (Wildman–Crippen LogP) is 1.82. The molecule has 2 fully saturated rings. The summed E-state index contributed by atoms with van der Waals surface area (Å²) in [5, 5.41) is 3.28. The molecular weight excluding hydrogens is 352 g/mol. The topological polar surface area (TPSA) is 84.3 Å². The Bertz CT molecular complexity index is 723. The van der Waals surface area contributed by atoms with Crippen LogP contribution in [0.3, 0.4) is 0 Å². The first-order valence-corrected chi connectivity index (χ1v) is 11.0. The summed E-state index contributed by atoms with van der Waals surface area (Å²) in [6.45, 7) is 4.79. The standard InChI is InChI=1S/C18H30N4O3S/c1-13-4-6-16(7-5-13)20-18(23)15-8-10-22(11-9-15)26(24,25)17-12-21(3)14(2)19-17/h12-13,15-16H,4-11H2,1-3H3,(H,20,23). The lowest BCUT2D eigenvalue weighted by molar-refractivity contribution is -0.127. The van der Waals surface area contributed by atoms with Crippen LogP contribution in [0.5, 0.6) is 0 Å². The van der Waals surface area contributed by atoms with E-state index < -0.39 is 10.0 Å². The van der Waals surface area contributed by atoms with Crippen molar-refractivity contribution >= 4 is 15.9 Å². The number of aryl methyl sites for hydroxylation is 2. The lowest BCUT2D eigenvalue weighted by Gasteiger charge is -2.32. The molecule has 1 saturated carbocycles. The zero-order valence-electron chi connectivity index (χ0n) is 15.9.